The highest BCUT2D eigenvalue weighted by atomic mass is 32.2. The monoisotopic (exact) mass is 390 g/mol. The second-order valence-electron chi connectivity index (χ2n) is 7.00. The van der Waals surface area contributed by atoms with E-state index >= 15 is 0 Å². The van der Waals surface area contributed by atoms with Crippen molar-refractivity contribution in [2.75, 3.05) is 4.72 Å². The fourth-order valence-corrected chi connectivity index (χ4v) is 3.98. The molecule has 1 aliphatic carbocycles. The number of amides is 1. The fourth-order valence-electron chi connectivity index (χ4n) is 2.92. The smallest absolute Gasteiger partial charge is 0.261 e. The molecule has 1 aliphatic rings. The van der Waals surface area contributed by atoms with Crippen molar-refractivity contribution in [1.29, 1.82) is 0 Å². The topological polar surface area (TPSA) is 75.3 Å². The number of sulfonamides is 1. The molecule has 2 aromatic carbocycles. The highest BCUT2D eigenvalue weighted by Gasteiger charge is 2.51. The molecule has 0 aliphatic heterocycles. The molecule has 2 aromatic rings. The summed E-state index contributed by atoms with van der Waals surface area (Å²) >= 11 is 0. The number of hydrogen-bond acceptors (Lipinski definition) is 3. The quantitative estimate of drug-likeness (QED) is 0.759. The van der Waals surface area contributed by atoms with Gasteiger partial charge in [-0.25, -0.2) is 12.8 Å². The van der Waals surface area contributed by atoms with Gasteiger partial charge in [0.25, 0.3) is 10.0 Å². The van der Waals surface area contributed by atoms with Crippen LogP contribution in [0.3, 0.4) is 0 Å². The summed E-state index contributed by atoms with van der Waals surface area (Å²) in [5.41, 5.74) is 0.770. The van der Waals surface area contributed by atoms with E-state index in [1.54, 1.807) is 24.3 Å². The Labute approximate surface area is 159 Å². The van der Waals surface area contributed by atoms with Crippen LogP contribution in [0, 0.1) is 5.82 Å². The molecule has 0 radical (unpaired) electrons. The molecule has 0 heterocycles. The molecule has 1 saturated carbocycles. The van der Waals surface area contributed by atoms with Crippen molar-refractivity contribution in [2.45, 2.75) is 49.5 Å². The average molecular weight is 390 g/mol. The van der Waals surface area contributed by atoms with E-state index < -0.39 is 21.3 Å². The van der Waals surface area contributed by atoms with Crippen molar-refractivity contribution in [3.63, 3.8) is 0 Å². The van der Waals surface area contributed by atoms with Crippen molar-refractivity contribution < 1.29 is 17.6 Å². The lowest BCUT2D eigenvalue weighted by atomic mass is 9.94. The molecule has 7 heteroatoms. The van der Waals surface area contributed by atoms with E-state index in [4.69, 9.17) is 0 Å². The Balaban J connectivity index is 1.74. The Kier molecular flexibility index (Phi) is 5.24. The van der Waals surface area contributed by atoms with Gasteiger partial charge in [-0.2, -0.15) is 0 Å². The van der Waals surface area contributed by atoms with E-state index in [0.29, 0.717) is 5.69 Å². The van der Waals surface area contributed by atoms with Crippen LogP contribution in [0.5, 0.6) is 0 Å². The number of anilines is 1. The third kappa shape index (κ3) is 4.13. The van der Waals surface area contributed by atoms with Gasteiger partial charge in [0.15, 0.2) is 0 Å². The van der Waals surface area contributed by atoms with Crippen molar-refractivity contribution in [1.82, 2.24) is 5.32 Å². The second-order valence-corrected chi connectivity index (χ2v) is 8.68. The normalized spacial score (nSPS) is 16.4. The van der Waals surface area contributed by atoms with E-state index in [2.05, 4.69) is 10.0 Å². The SMILES string of the molecule is CCC(C)NC(=O)C1(c2ccc(NS(=O)(=O)c3ccc(F)cc3)cc2)CC1. The van der Waals surface area contributed by atoms with Crippen molar-refractivity contribution in [3.8, 4) is 0 Å². The maximum atomic E-state index is 13.0. The summed E-state index contributed by atoms with van der Waals surface area (Å²) in [5, 5.41) is 3.03. The zero-order valence-corrected chi connectivity index (χ0v) is 16.1. The Hall–Kier alpha value is -2.41. The lowest BCUT2D eigenvalue weighted by Crippen LogP contribution is -2.39. The Morgan fingerprint density at radius 3 is 2.22 bits per heavy atom. The van der Waals surface area contributed by atoms with Crippen LogP contribution in [0.2, 0.25) is 0 Å². The van der Waals surface area contributed by atoms with Crippen LogP contribution in [0.1, 0.15) is 38.7 Å². The van der Waals surface area contributed by atoms with Gasteiger partial charge in [-0.05, 0) is 68.1 Å². The number of carbonyl (C=O) groups excluding carboxylic acids is 1. The maximum Gasteiger partial charge on any atom is 0.261 e. The van der Waals surface area contributed by atoms with Gasteiger partial charge in [0.2, 0.25) is 5.91 Å². The Morgan fingerprint density at radius 2 is 1.70 bits per heavy atom. The highest BCUT2D eigenvalue weighted by Crippen LogP contribution is 2.48. The molecule has 0 spiro atoms. The lowest BCUT2D eigenvalue weighted by molar-refractivity contribution is -0.124. The van der Waals surface area contributed by atoms with Gasteiger partial charge in [0, 0.05) is 11.7 Å². The molecule has 3 rings (SSSR count). The van der Waals surface area contributed by atoms with Crippen molar-refractivity contribution in [2.24, 2.45) is 0 Å². The molecule has 144 valence electrons. The van der Waals surface area contributed by atoms with Gasteiger partial charge in [-0.1, -0.05) is 19.1 Å². The van der Waals surface area contributed by atoms with E-state index in [1.165, 1.54) is 12.1 Å². The number of benzene rings is 2. The summed E-state index contributed by atoms with van der Waals surface area (Å²) in [6, 6.07) is 11.6. The molecule has 0 aromatic heterocycles. The molecule has 2 N–H and O–H groups in total. The van der Waals surface area contributed by atoms with Gasteiger partial charge < -0.3 is 5.32 Å². The molecule has 0 bridgehead atoms. The fraction of sp³-hybridized carbons (Fsp3) is 0.350. The molecule has 1 amide bonds. The zero-order chi connectivity index (χ0) is 19.7. The largest absolute Gasteiger partial charge is 0.353 e. The maximum absolute atomic E-state index is 13.0. The minimum atomic E-state index is -3.79. The Morgan fingerprint density at radius 1 is 1.11 bits per heavy atom. The molecular formula is C20H23FN2O3S. The summed E-state index contributed by atoms with van der Waals surface area (Å²) in [4.78, 5) is 12.6. The predicted molar refractivity (Wildman–Crippen MR) is 102 cm³/mol. The second kappa shape index (κ2) is 7.31. The first-order chi connectivity index (χ1) is 12.8. The van der Waals surface area contributed by atoms with Crippen molar-refractivity contribution in [3.05, 3.63) is 59.9 Å². The van der Waals surface area contributed by atoms with E-state index in [-0.39, 0.29) is 16.8 Å². The van der Waals surface area contributed by atoms with Gasteiger partial charge in [-0.3, -0.25) is 9.52 Å². The number of nitrogens with one attached hydrogen (secondary N) is 2. The molecule has 1 fully saturated rings. The van der Waals surface area contributed by atoms with Crippen LogP contribution in [0.25, 0.3) is 0 Å². The molecule has 27 heavy (non-hydrogen) atoms. The first kappa shape index (κ1) is 19.4. The average Bonchev–Trinajstić information content (AvgIpc) is 3.44. The summed E-state index contributed by atoms with van der Waals surface area (Å²) < 4.78 is 40.2. The van der Waals surface area contributed by atoms with E-state index in [9.17, 15) is 17.6 Å². The molecule has 1 unspecified atom stereocenters. The van der Waals surface area contributed by atoms with Crippen LogP contribution in [0.4, 0.5) is 10.1 Å². The number of hydrogen-bond donors (Lipinski definition) is 2. The minimum Gasteiger partial charge on any atom is -0.353 e. The van der Waals surface area contributed by atoms with E-state index in [0.717, 1.165) is 37.0 Å². The van der Waals surface area contributed by atoms with Crippen LogP contribution in [0.15, 0.2) is 53.4 Å². The van der Waals surface area contributed by atoms with Crippen molar-refractivity contribution >= 4 is 21.6 Å². The van der Waals surface area contributed by atoms with E-state index in [1.807, 2.05) is 13.8 Å². The number of rotatable bonds is 7. The van der Waals surface area contributed by atoms with Gasteiger partial charge in [0.1, 0.15) is 5.82 Å². The molecule has 0 saturated heterocycles. The summed E-state index contributed by atoms with van der Waals surface area (Å²) in [5.74, 6) is -0.472. The summed E-state index contributed by atoms with van der Waals surface area (Å²) in [7, 11) is -3.79. The molecule has 5 nitrogen and oxygen atoms in total. The third-order valence-electron chi connectivity index (χ3n) is 4.99. The third-order valence-corrected chi connectivity index (χ3v) is 6.39. The van der Waals surface area contributed by atoms with Crippen LogP contribution >= 0.6 is 0 Å². The summed E-state index contributed by atoms with van der Waals surface area (Å²) in [6.45, 7) is 3.99. The van der Waals surface area contributed by atoms with Gasteiger partial charge in [0.05, 0.1) is 10.3 Å². The molecular weight excluding hydrogens is 367 g/mol. The number of halogens is 1. The first-order valence-corrected chi connectivity index (χ1v) is 10.4. The van der Waals surface area contributed by atoms with Gasteiger partial charge >= 0.3 is 0 Å². The van der Waals surface area contributed by atoms with Crippen LogP contribution < -0.4 is 10.0 Å². The van der Waals surface area contributed by atoms with Gasteiger partial charge in [-0.15, -0.1) is 0 Å². The van der Waals surface area contributed by atoms with Crippen LogP contribution in [-0.2, 0) is 20.2 Å². The first-order valence-electron chi connectivity index (χ1n) is 8.97. The highest BCUT2D eigenvalue weighted by molar-refractivity contribution is 7.92. The minimum absolute atomic E-state index is 0.0143. The van der Waals surface area contributed by atoms with Crippen LogP contribution in [-0.4, -0.2) is 20.4 Å². The standard InChI is InChI=1S/C20H23FN2O3S/c1-3-14(2)22-19(24)20(12-13-20)15-4-8-17(9-5-15)23-27(25,26)18-10-6-16(21)7-11-18/h4-11,14,23H,3,12-13H2,1-2H3,(H,22,24). The zero-order valence-electron chi connectivity index (χ0n) is 15.3. The number of carbonyl (C=O) groups is 1. The predicted octanol–water partition coefficient (Wildman–Crippen LogP) is 3.57. The Bertz CT molecular complexity index is 921. The lowest BCUT2D eigenvalue weighted by Gasteiger charge is -2.19. The summed E-state index contributed by atoms with van der Waals surface area (Å²) in [6.07, 6.45) is 2.44. The molecule has 1 atom stereocenters.